The van der Waals surface area contributed by atoms with E-state index in [1.165, 1.54) is 5.56 Å². The lowest BCUT2D eigenvalue weighted by Crippen LogP contribution is -2.47. The van der Waals surface area contributed by atoms with E-state index in [1.807, 2.05) is 12.1 Å². The van der Waals surface area contributed by atoms with E-state index in [0.29, 0.717) is 6.04 Å². The molecule has 0 aliphatic carbocycles. The minimum absolute atomic E-state index is 0.117. The third-order valence-corrected chi connectivity index (χ3v) is 4.64. The Morgan fingerprint density at radius 1 is 1.20 bits per heavy atom. The second-order valence-corrected chi connectivity index (χ2v) is 7.21. The van der Waals surface area contributed by atoms with Gasteiger partial charge in [0.2, 0.25) is 0 Å². The van der Waals surface area contributed by atoms with Gasteiger partial charge in [-0.25, -0.2) is 0 Å². The molecule has 0 fully saturated rings. The molecule has 3 atom stereocenters. The van der Waals surface area contributed by atoms with E-state index in [-0.39, 0.29) is 17.5 Å². The summed E-state index contributed by atoms with van der Waals surface area (Å²) in [5.74, 6) is 0. The first-order valence-corrected chi connectivity index (χ1v) is 7.79. The SMILES string of the molecule is CCC(N)C(c1ccc(Cl)cc1)N(C)C(C)C(C)(C)C. The van der Waals surface area contributed by atoms with Crippen LogP contribution < -0.4 is 5.73 Å². The maximum atomic E-state index is 6.39. The highest BCUT2D eigenvalue weighted by molar-refractivity contribution is 6.30. The molecule has 2 N–H and O–H groups in total. The van der Waals surface area contributed by atoms with Gasteiger partial charge >= 0.3 is 0 Å². The van der Waals surface area contributed by atoms with Crippen LogP contribution in [0.25, 0.3) is 0 Å². The van der Waals surface area contributed by atoms with Gasteiger partial charge in [-0.1, -0.05) is 51.4 Å². The molecule has 114 valence electrons. The number of hydrogen-bond donors (Lipinski definition) is 1. The number of likely N-dealkylation sites (N-methyl/N-ethyl adjacent to an activating group) is 1. The van der Waals surface area contributed by atoms with Crippen molar-refractivity contribution < 1.29 is 0 Å². The molecular weight excluding hydrogens is 268 g/mol. The zero-order valence-electron chi connectivity index (χ0n) is 13.7. The average molecular weight is 297 g/mol. The average Bonchev–Trinajstić information content (AvgIpc) is 2.38. The summed E-state index contributed by atoms with van der Waals surface area (Å²) < 4.78 is 0. The number of nitrogens with zero attached hydrogens (tertiary/aromatic N) is 1. The maximum Gasteiger partial charge on any atom is 0.0499 e. The van der Waals surface area contributed by atoms with Crippen molar-refractivity contribution in [2.24, 2.45) is 11.1 Å². The van der Waals surface area contributed by atoms with Gasteiger partial charge in [0.05, 0.1) is 0 Å². The fourth-order valence-electron chi connectivity index (χ4n) is 2.52. The summed E-state index contributed by atoms with van der Waals surface area (Å²) in [7, 11) is 2.17. The van der Waals surface area contributed by atoms with Crippen molar-refractivity contribution in [3.05, 3.63) is 34.9 Å². The lowest BCUT2D eigenvalue weighted by atomic mass is 9.84. The van der Waals surface area contributed by atoms with Crippen LogP contribution in [0, 0.1) is 5.41 Å². The van der Waals surface area contributed by atoms with E-state index in [0.717, 1.165) is 11.4 Å². The van der Waals surface area contributed by atoms with Gasteiger partial charge in [0.15, 0.2) is 0 Å². The van der Waals surface area contributed by atoms with Gasteiger partial charge in [0.25, 0.3) is 0 Å². The Morgan fingerprint density at radius 3 is 2.10 bits per heavy atom. The summed E-state index contributed by atoms with van der Waals surface area (Å²) in [6, 6.07) is 8.84. The first-order chi connectivity index (χ1) is 9.18. The van der Waals surface area contributed by atoms with E-state index in [9.17, 15) is 0 Å². The molecule has 3 heteroatoms. The van der Waals surface area contributed by atoms with E-state index in [4.69, 9.17) is 17.3 Å². The molecule has 0 aromatic heterocycles. The third kappa shape index (κ3) is 4.21. The Hall–Kier alpha value is -0.570. The van der Waals surface area contributed by atoms with E-state index in [1.54, 1.807) is 0 Å². The van der Waals surface area contributed by atoms with Crippen LogP contribution >= 0.6 is 11.6 Å². The van der Waals surface area contributed by atoms with Crippen LogP contribution in [0.5, 0.6) is 0 Å². The third-order valence-electron chi connectivity index (χ3n) is 4.39. The first kappa shape index (κ1) is 17.5. The summed E-state index contributed by atoms with van der Waals surface area (Å²) >= 11 is 6.00. The summed E-state index contributed by atoms with van der Waals surface area (Å²) in [4.78, 5) is 2.40. The van der Waals surface area contributed by atoms with Crippen LogP contribution in [0.2, 0.25) is 5.02 Å². The number of rotatable bonds is 5. The van der Waals surface area contributed by atoms with Crippen LogP contribution in [-0.2, 0) is 0 Å². The summed E-state index contributed by atoms with van der Waals surface area (Å²) in [6.45, 7) is 11.2. The van der Waals surface area contributed by atoms with Crippen LogP contribution in [-0.4, -0.2) is 24.0 Å². The van der Waals surface area contributed by atoms with Gasteiger partial charge in [0, 0.05) is 23.1 Å². The molecule has 0 amide bonds. The summed E-state index contributed by atoms with van der Waals surface area (Å²) in [5, 5.41) is 0.768. The minimum atomic E-state index is 0.117. The second kappa shape index (κ2) is 6.93. The standard InChI is InChI=1S/C17H29ClN2/c1-7-15(19)16(13-8-10-14(18)11-9-13)20(6)12(2)17(3,4)5/h8-12,15-16H,7,19H2,1-6H3. The minimum Gasteiger partial charge on any atom is -0.326 e. The largest absolute Gasteiger partial charge is 0.326 e. The number of benzene rings is 1. The Balaban J connectivity index is 3.10. The molecule has 0 aliphatic rings. The molecule has 2 nitrogen and oxygen atoms in total. The topological polar surface area (TPSA) is 29.3 Å². The molecule has 0 saturated heterocycles. The molecular formula is C17H29ClN2. The predicted octanol–water partition coefficient (Wildman–Crippen LogP) is 4.48. The van der Waals surface area contributed by atoms with E-state index < -0.39 is 0 Å². The van der Waals surface area contributed by atoms with E-state index >= 15 is 0 Å². The molecule has 1 aromatic rings. The van der Waals surface area contributed by atoms with Crippen molar-refractivity contribution in [1.29, 1.82) is 0 Å². The first-order valence-electron chi connectivity index (χ1n) is 7.41. The van der Waals surface area contributed by atoms with Crippen LogP contribution in [0.4, 0.5) is 0 Å². The number of halogens is 1. The molecule has 3 unspecified atom stereocenters. The highest BCUT2D eigenvalue weighted by Gasteiger charge is 2.31. The van der Waals surface area contributed by atoms with Crippen molar-refractivity contribution >= 4 is 11.6 Å². The van der Waals surface area contributed by atoms with Gasteiger partial charge in [-0.15, -0.1) is 0 Å². The van der Waals surface area contributed by atoms with Crippen LogP contribution in [0.3, 0.4) is 0 Å². The van der Waals surface area contributed by atoms with Crippen molar-refractivity contribution in [2.45, 2.75) is 59.2 Å². The van der Waals surface area contributed by atoms with E-state index in [2.05, 4.69) is 58.7 Å². The molecule has 1 aromatic carbocycles. The lowest BCUT2D eigenvalue weighted by molar-refractivity contribution is 0.0831. The van der Waals surface area contributed by atoms with Crippen molar-refractivity contribution in [2.75, 3.05) is 7.05 Å². The zero-order valence-corrected chi connectivity index (χ0v) is 14.4. The van der Waals surface area contributed by atoms with Crippen LogP contribution in [0.1, 0.15) is 52.6 Å². The Kier molecular flexibility index (Phi) is 6.06. The van der Waals surface area contributed by atoms with Crippen molar-refractivity contribution in [1.82, 2.24) is 4.90 Å². The molecule has 0 saturated carbocycles. The maximum absolute atomic E-state index is 6.39. The normalized spacial score (nSPS) is 17.1. The highest BCUT2D eigenvalue weighted by Crippen LogP contribution is 2.32. The highest BCUT2D eigenvalue weighted by atomic mass is 35.5. The molecule has 0 bridgehead atoms. The van der Waals surface area contributed by atoms with Gasteiger partial charge in [0.1, 0.15) is 0 Å². The molecule has 0 spiro atoms. The number of hydrogen-bond acceptors (Lipinski definition) is 2. The van der Waals surface area contributed by atoms with Gasteiger partial charge in [-0.2, -0.15) is 0 Å². The van der Waals surface area contributed by atoms with Crippen molar-refractivity contribution in [3.63, 3.8) is 0 Å². The molecule has 0 radical (unpaired) electrons. The molecule has 1 rings (SSSR count). The fourth-order valence-corrected chi connectivity index (χ4v) is 2.65. The van der Waals surface area contributed by atoms with Gasteiger partial charge < -0.3 is 5.73 Å². The lowest BCUT2D eigenvalue weighted by Gasteiger charge is -2.42. The monoisotopic (exact) mass is 296 g/mol. The Labute approximate surface area is 129 Å². The van der Waals surface area contributed by atoms with Gasteiger partial charge in [-0.05, 0) is 43.5 Å². The molecule has 20 heavy (non-hydrogen) atoms. The number of nitrogens with two attached hydrogens (primary N) is 1. The smallest absolute Gasteiger partial charge is 0.0499 e. The summed E-state index contributed by atoms with van der Waals surface area (Å²) in [6.07, 6.45) is 0.953. The zero-order chi connectivity index (χ0) is 15.5. The van der Waals surface area contributed by atoms with Crippen LogP contribution in [0.15, 0.2) is 24.3 Å². The summed E-state index contributed by atoms with van der Waals surface area (Å²) in [5.41, 5.74) is 7.85. The quantitative estimate of drug-likeness (QED) is 0.868. The predicted molar refractivity (Wildman–Crippen MR) is 89.1 cm³/mol. The molecule has 0 heterocycles. The Bertz CT molecular complexity index is 408. The fraction of sp³-hybridized carbons (Fsp3) is 0.647. The Morgan fingerprint density at radius 2 is 1.70 bits per heavy atom. The second-order valence-electron chi connectivity index (χ2n) is 6.78. The van der Waals surface area contributed by atoms with Gasteiger partial charge in [-0.3, -0.25) is 4.90 Å². The molecule has 0 aliphatic heterocycles. The van der Waals surface area contributed by atoms with Crippen molar-refractivity contribution in [3.8, 4) is 0 Å².